The predicted octanol–water partition coefficient (Wildman–Crippen LogP) is 4.77. The molecule has 0 aliphatic heterocycles. The maximum absolute atomic E-state index is 12.6. The Morgan fingerprint density at radius 2 is 1.54 bits per heavy atom. The van der Waals surface area contributed by atoms with Crippen LogP contribution in [0.25, 0.3) is 11.1 Å². The van der Waals surface area contributed by atoms with Crippen molar-refractivity contribution in [1.29, 1.82) is 0 Å². The van der Waals surface area contributed by atoms with Gasteiger partial charge >= 0.3 is 0 Å². The van der Waals surface area contributed by atoms with Gasteiger partial charge in [-0.1, -0.05) is 48.5 Å². The molecule has 3 nitrogen and oxygen atoms in total. The van der Waals surface area contributed by atoms with Crippen LogP contribution in [0.3, 0.4) is 0 Å². The van der Waals surface area contributed by atoms with Crippen LogP contribution in [0.5, 0.6) is 0 Å². The minimum absolute atomic E-state index is 0.265. The molecule has 3 rings (SSSR count). The highest BCUT2D eigenvalue weighted by Crippen LogP contribution is 2.26. The van der Waals surface area contributed by atoms with Gasteiger partial charge in [0.1, 0.15) is 0 Å². The molecule has 0 unspecified atom stereocenters. The molecule has 0 aliphatic carbocycles. The highest BCUT2D eigenvalue weighted by atomic mass is 32.2. The molecule has 0 atom stereocenters. The van der Waals surface area contributed by atoms with Crippen LogP contribution in [0.15, 0.2) is 77.7 Å². The fourth-order valence-corrected chi connectivity index (χ4v) is 3.80. The molecule has 0 heterocycles. The van der Waals surface area contributed by atoms with E-state index in [4.69, 9.17) is 0 Å². The molecule has 0 aliphatic rings. The Balaban J connectivity index is 1.93. The van der Waals surface area contributed by atoms with Crippen LogP contribution in [-0.4, -0.2) is 8.42 Å². The van der Waals surface area contributed by atoms with E-state index in [9.17, 15) is 8.42 Å². The quantitative estimate of drug-likeness (QED) is 0.745. The summed E-state index contributed by atoms with van der Waals surface area (Å²) in [5.41, 5.74) is 4.61. The van der Waals surface area contributed by atoms with Crippen LogP contribution in [0.1, 0.15) is 11.1 Å². The lowest BCUT2D eigenvalue weighted by Crippen LogP contribution is -2.13. The van der Waals surface area contributed by atoms with Crippen LogP contribution in [0.4, 0.5) is 5.69 Å². The molecule has 0 fully saturated rings. The van der Waals surface area contributed by atoms with Crippen molar-refractivity contribution >= 4 is 15.7 Å². The molecular formula is C20H19NO2S. The molecule has 0 bridgehead atoms. The second-order valence-corrected chi connectivity index (χ2v) is 7.50. The van der Waals surface area contributed by atoms with Gasteiger partial charge in [0.05, 0.1) is 4.90 Å². The summed E-state index contributed by atoms with van der Waals surface area (Å²) in [4.78, 5) is 0.265. The number of nitrogens with one attached hydrogen (secondary N) is 1. The molecule has 0 saturated heterocycles. The zero-order valence-corrected chi connectivity index (χ0v) is 14.5. The third kappa shape index (κ3) is 3.49. The molecule has 0 spiro atoms. The molecule has 4 heteroatoms. The third-order valence-corrected chi connectivity index (χ3v) is 5.24. The monoisotopic (exact) mass is 337 g/mol. The number of benzene rings is 3. The van der Waals surface area contributed by atoms with Crippen molar-refractivity contribution in [3.63, 3.8) is 0 Å². The highest BCUT2D eigenvalue weighted by molar-refractivity contribution is 7.92. The number of sulfonamides is 1. The summed E-state index contributed by atoms with van der Waals surface area (Å²) in [6.07, 6.45) is 0. The normalized spacial score (nSPS) is 11.2. The van der Waals surface area contributed by atoms with E-state index in [0.717, 1.165) is 22.3 Å². The average molecular weight is 337 g/mol. The zero-order valence-electron chi connectivity index (χ0n) is 13.7. The largest absolute Gasteiger partial charge is 0.280 e. The summed E-state index contributed by atoms with van der Waals surface area (Å²) >= 11 is 0. The molecule has 122 valence electrons. The molecule has 24 heavy (non-hydrogen) atoms. The molecule has 3 aromatic carbocycles. The summed E-state index contributed by atoms with van der Waals surface area (Å²) in [6, 6.07) is 22.5. The maximum Gasteiger partial charge on any atom is 0.261 e. The SMILES string of the molecule is Cc1cccc(NS(=O)(=O)c2ccc(-c3ccccc3)c(C)c2)c1. The van der Waals surface area contributed by atoms with Crippen molar-refractivity contribution in [3.8, 4) is 11.1 Å². The summed E-state index contributed by atoms with van der Waals surface area (Å²) in [5, 5.41) is 0. The molecule has 0 radical (unpaired) electrons. The Bertz CT molecular complexity index is 964. The maximum atomic E-state index is 12.6. The summed E-state index contributed by atoms with van der Waals surface area (Å²) in [6.45, 7) is 3.85. The minimum atomic E-state index is -3.60. The average Bonchev–Trinajstić information content (AvgIpc) is 2.55. The smallest absolute Gasteiger partial charge is 0.261 e. The minimum Gasteiger partial charge on any atom is -0.280 e. The first-order chi connectivity index (χ1) is 11.5. The van der Waals surface area contributed by atoms with E-state index < -0.39 is 10.0 Å². The van der Waals surface area contributed by atoms with Crippen molar-refractivity contribution in [3.05, 3.63) is 83.9 Å². The van der Waals surface area contributed by atoms with Gasteiger partial charge in [-0.05, 0) is 60.4 Å². The lowest BCUT2D eigenvalue weighted by atomic mass is 10.0. The summed E-state index contributed by atoms with van der Waals surface area (Å²) in [7, 11) is -3.60. The van der Waals surface area contributed by atoms with E-state index in [1.54, 1.807) is 18.2 Å². The first-order valence-electron chi connectivity index (χ1n) is 7.71. The Hall–Kier alpha value is -2.59. The summed E-state index contributed by atoms with van der Waals surface area (Å²) in [5.74, 6) is 0. The van der Waals surface area contributed by atoms with Crippen molar-refractivity contribution < 1.29 is 8.42 Å². The standard InChI is InChI=1S/C20H19NO2S/c1-15-7-6-10-18(13-15)21-24(22,23)19-11-12-20(16(2)14-19)17-8-4-3-5-9-17/h3-14,21H,1-2H3. The van der Waals surface area contributed by atoms with Gasteiger partial charge in [0.2, 0.25) is 0 Å². The van der Waals surface area contributed by atoms with Crippen LogP contribution >= 0.6 is 0 Å². The number of aryl methyl sites for hydroxylation is 2. The number of anilines is 1. The van der Waals surface area contributed by atoms with Gasteiger partial charge < -0.3 is 0 Å². The molecular weight excluding hydrogens is 318 g/mol. The van der Waals surface area contributed by atoms with Crippen LogP contribution < -0.4 is 4.72 Å². The Morgan fingerprint density at radius 1 is 0.792 bits per heavy atom. The van der Waals surface area contributed by atoms with Gasteiger partial charge in [-0.2, -0.15) is 0 Å². The van der Waals surface area contributed by atoms with Crippen molar-refractivity contribution in [1.82, 2.24) is 0 Å². The van der Waals surface area contributed by atoms with Gasteiger partial charge in [-0.15, -0.1) is 0 Å². The van der Waals surface area contributed by atoms with Crippen molar-refractivity contribution in [2.75, 3.05) is 4.72 Å². The highest BCUT2D eigenvalue weighted by Gasteiger charge is 2.15. The molecule has 1 N–H and O–H groups in total. The number of hydrogen-bond donors (Lipinski definition) is 1. The Kier molecular flexibility index (Phi) is 4.40. The number of rotatable bonds is 4. The van der Waals surface area contributed by atoms with Crippen LogP contribution in [0, 0.1) is 13.8 Å². The van der Waals surface area contributed by atoms with Crippen LogP contribution in [0.2, 0.25) is 0 Å². The van der Waals surface area contributed by atoms with E-state index in [1.165, 1.54) is 0 Å². The fourth-order valence-electron chi connectivity index (χ4n) is 2.67. The molecule has 0 aromatic heterocycles. The first-order valence-corrected chi connectivity index (χ1v) is 9.19. The Labute approximate surface area is 143 Å². The van der Waals surface area contributed by atoms with Gasteiger partial charge in [-0.25, -0.2) is 8.42 Å². The van der Waals surface area contributed by atoms with Gasteiger partial charge in [0.15, 0.2) is 0 Å². The van der Waals surface area contributed by atoms with Crippen LogP contribution in [-0.2, 0) is 10.0 Å². The van der Waals surface area contributed by atoms with Crippen molar-refractivity contribution in [2.45, 2.75) is 18.7 Å². The molecule has 3 aromatic rings. The van der Waals surface area contributed by atoms with Gasteiger partial charge in [-0.3, -0.25) is 4.72 Å². The number of hydrogen-bond acceptors (Lipinski definition) is 2. The van der Waals surface area contributed by atoms with E-state index in [2.05, 4.69) is 4.72 Å². The fraction of sp³-hybridized carbons (Fsp3) is 0.100. The lowest BCUT2D eigenvalue weighted by molar-refractivity contribution is 0.601. The first kappa shape index (κ1) is 16.3. The lowest BCUT2D eigenvalue weighted by Gasteiger charge is -2.12. The van der Waals surface area contributed by atoms with Gasteiger partial charge in [0.25, 0.3) is 10.0 Å². The van der Waals surface area contributed by atoms with Gasteiger partial charge in [0, 0.05) is 5.69 Å². The predicted molar refractivity (Wildman–Crippen MR) is 98.6 cm³/mol. The Morgan fingerprint density at radius 3 is 2.21 bits per heavy atom. The second-order valence-electron chi connectivity index (χ2n) is 5.82. The third-order valence-electron chi connectivity index (χ3n) is 3.86. The van der Waals surface area contributed by atoms with E-state index >= 15 is 0 Å². The summed E-state index contributed by atoms with van der Waals surface area (Å²) < 4.78 is 27.8. The van der Waals surface area contributed by atoms with E-state index in [-0.39, 0.29) is 4.90 Å². The molecule has 0 amide bonds. The molecule has 0 saturated carbocycles. The zero-order chi connectivity index (χ0) is 17.2. The second kappa shape index (κ2) is 6.49. The van der Waals surface area contributed by atoms with E-state index in [1.807, 2.05) is 68.4 Å². The topological polar surface area (TPSA) is 46.2 Å². The van der Waals surface area contributed by atoms with E-state index in [0.29, 0.717) is 5.69 Å². The van der Waals surface area contributed by atoms with Crippen molar-refractivity contribution in [2.24, 2.45) is 0 Å².